The van der Waals surface area contributed by atoms with Crippen molar-refractivity contribution in [2.24, 2.45) is 0 Å². The highest BCUT2D eigenvalue weighted by molar-refractivity contribution is 6.03. The summed E-state index contributed by atoms with van der Waals surface area (Å²) in [6.45, 7) is 5.35. The number of carbonyl (C=O) groups excluding carboxylic acids is 1. The fourth-order valence-electron chi connectivity index (χ4n) is 2.75. The van der Waals surface area contributed by atoms with Gasteiger partial charge in [-0.05, 0) is 43.7 Å². The fourth-order valence-corrected chi connectivity index (χ4v) is 2.75. The number of pyridine rings is 1. The Bertz CT molecular complexity index is 634. The standard InChI is InChI=1S/C17H22N4O2/c1-2-21-11-7-13(8-12-21)23-15-6-4-10-19-16(15)20-17(22)14-5-3-9-18-14/h3-6,9-10,13,18H,2,7-8,11-12H2,1H3,(H,19,20,22). The second-order valence-electron chi connectivity index (χ2n) is 5.64. The maximum Gasteiger partial charge on any atom is 0.273 e. The highest BCUT2D eigenvalue weighted by Gasteiger charge is 2.21. The number of amides is 1. The van der Waals surface area contributed by atoms with Gasteiger partial charge in [0.15, 0.2) is 11.6 Å². The third-order valence-corrected chi connectivity index (χ3v) is 4.12. The highest BCUT2D eigenvalue weighted by Crippen LogP contribution is 2.25. The van der Waals surface area contributed by atoms with E-state index >= 15 is 0 Å². The molecular weight excluding hydrogens is 292 g/mol. The lowest BCUT2D eigenvalue weighted by atomic mass is 10.1. The van der Waals surface area contributed by atoms with E-state index in [9.17, 15) is 4.79 Å². The number of piperidine rings is 1. The van der Waals surface area contributed by atoms with Gasteiger partial charge in [-0.15, -0.1) is 0 Å². The molecule has 23 heavy (non-hydrogen) atoms. The van der Waals surface area contributed by atoms with E-state index in [4.69, 9.17) is 4.74 Å². The van der Waals surface area contributed by atoms with E-state index in [2.05, 4.69) is 27.1 Å². The maximum absolute atomic E-state index is 12.2. The smallest absolute Gasteiger partial charge is 0.273 e. The van der Waals surface area contributed by atoms with Crippen LogP contribution in [0.5, 0.6) is 5.75 Å². The Balaban J connectivity index is 1.65. The van der Waals surface area contributed by atoms with Gasteiger partial charge in [-0.2, -0.15) is 0 Å². The number of aromatic nitrogens is 2. The number of likely N-dealkylation sites (tertiary alicyclic amines) is 1. The Morgan fingerprint density at radius 2 is 2.22 bits per heavy atom. The van der Waals surface area contributed by atoms with Crippen molar-refractivity contribution in [3.05, 3.63) is 42.4 Å². The lowest BCUT2D eigenvalue weighted by molar-refractivity contribution is 0.1000. The summed E-state index contributed by atoms with van der Waals surface area (Å²) < 4.78 is 6.08. The summed E-state index contributed by atoms with van der Waals surface area (Å²) in [5.41, 5.74) is 0.498. The van der Waals surface area contributed by atoms with Gasteiger partial charge in [-0.1, -0.05) is 6.92 Å². The molecule has 1 fully saturated rings. The number of nitrogens with zero attached hydrogens (tertiary/aromatic N) is 2. The molecule has 122 valence electrons. The Hall–Kier alpha value is -2.34. The molecule has 1 aliphatic heterocycles. The third-order valence-electron chi connectivity index (χ3n) is 4.12. The van der Waals surface area contributed by atoms with E-state index in [0.29, 0.717) is 17.3 Å². The molecule has 0 radical (unpaired) electrons. The van der Waals surface area contributed by atoms with Crippen LogP contribution in [-0.4, -0.2) is 46.5 Å². The average Bonchev–Trinajstić information content (AvgIpc) is 3.12. The average molecular weight is 314 g/mol. The molecule has 1 amide bonds. The predicted octanol–water partition coefficient (Wildman–Crippen LogP) is 2.53. The summed E-state index contributed by atoms with van der Waals surface area (Å²) in [7, 11) is 0. The van der Waals surface area contributed by atoms with E-state index < -0.39 is 0 Å². The lowest BCUT2D eigenvalue weighted by Gasteiger charge is -2.31. The number of H-pyrrole nitrogens is 1. The summed E-state index contributed by atoms with van der Waals surface area (Å²) in [6, 6.07) is 7.18. The quantitative estimate of drug-likeness (QED) is 0.890. The summed E-state index contributed by atoms with van der Waals surface area (Å²) >= 11 is 0. The minimum absolute atomic E-state index is 0.170. The molecule has 2 N–H and O–H groups in total. The predicted molar refractivity (Wildman–Crippen MR) is 88.7 cm³/mol. The Morgan fingerprint density at radius 1 is 1.39 bits per heavy atom. The van der Waals surface area contributed by atoms with Gasteiger partial charge in [0.25, 0.3) is 5.91 Å². The first kappa shape index (κ1) is 15.6. The van der Waals surface area contributed by atoms with Crippen LogP contribution in [0.3, 0.4) is 0 Å². The fraction of sp³-hybridized carbons (Fsp3) is 0.412. The van der Waals surface area contributed by atoms with Gasteiger partial charge >= 0.3 is 0 Å². The number of ether oxygens (including phenoxy) is 1. The van der Waals surface area contributed by atoms with Gasteiger partial charge in [0, 0.05) is 25.5 Å². The number of hydrogen-bond donors (Lipinski definition) is 2. The van der Waals surface area contributed by atoms with Crippen molar-refractivity contribution in [1.82, 2.24) is 14.9 Å². The molecule has 1 aliphatic rings. The van der Waals surface area contributed by atoms with E-state index in [1.807, 2.05) is 12.1 Å². The Morgan fingerprint density at radius 3 is 2.91 bits per heavy atom. The van der Waals surface area contributed by atoms with Gasteiger partial charge in [-0.25, -0.2) is 4.98 Å². The molecule has 0 saturated carbocycles. The largest absolute Gasteiger partial charge is 0.486 e. The van der Waals surface area contributed by atoms with E-state index in [-0.39, 0.29) is 12.0 Å². The van der Waals surface area contributed by atoms with Crippen LogP contribution in [0.2, 0.25) is 0 Å². The zero-order valence-electron chi connectivity index (χ0n) is 13.3. The number of nitrogens with one attached hydrogen (secondary N) is 2. The molecule has 6 heteroatoms. The minimum Gasteiger partial charge on any atom is -0.486 e. The second-order valence-corrected chi connectivity index (χ2v) is 5.64. The first-order chi connectivity index (χ1) is 11.3. The number of carbonyl (C=O) groups is 1. The van der Waals surface area contributed by atoms with Gasteiger partial charge in [-0.3, -0.25) is 4.79 Å². The number of hydrogen-bond acceptors (Lipinski definition) is 4. The van der Waals surface area contributed by atoms with Crippen molar-refractivity contribution >= 4 is 11.7 Å². The van der Waals surface area contributed by atoms with Crippen LogP contribution in [0, 0.1) is 0 Å². The second kappa shape index (κ2) is 7.28. The molecule has 1 saturated heterocycles. The van der Waals surface area contributed by atoms with Crippen LogP contribution in [0.4, 0.5) is 5.82 Å². The summed E-state index contributed by atoms with van der Waals surface area (Å²) in [5, 5.41) is 2.81. The van der Waals surface area contributed by atoms with Crippen LogP contribution >= 0.6 is 0 Å². The minimum atomic E-state index is -0.223. The zero-order valence-corrected chi connectivity index (χ0v) is 13.3. The number of aromatic amines is 1. The van der Waals surface area contributed by atoms with Crippen LogP contribution in [0.25, 0.3) is 0 Å². The monoisotopic (exact) mass is 314 g/mol. The normalized spacial score (nSPS) is 16.2. The van der Waals surface area contributed by atoms with Crippen molar-refractivity contribution in [2.45, 2.75) is 25.9 Å². The number of rotatable bonds is 5. The topological polar surface area (TPSA) is 70.2 Å². The van der Waals surface area contributed by atoms with E-state index in [0.717, 1.165) is 32.5 Å². The van der Waals surface area contributed by atoms with Gasteiger partial charge in [0.05, 0.1) is 0 Å². The molecule has 0 spiro atoms. The molecule has 3 rings (SSSR count). The lowest BCUT2D eigenvalue weighted by Crippen LogP contribution is -2.38. The summed E-state index contributed by atoms with van der Waals surface area (Å²) in [5.74, 6) is 0.867. The Labute approximate surface area is 135 Å². The first-order valence-electron chi connectivity index (χ1n) is 8.05. The maximum atomic E-state index is 12.2. The Kier molecular flexibility index (Phi) is 4.92. The van der Waals surface area contributed by atoms with Crippen molar-refractivity contribution in [3.63, 3.8) is 0 Å². The molecule has 6 nitrogen and oxygen atoms in total. The molecule has 3 heterocycles. The molecule has 2 aromatic heterocycles. The summed E-state index contributed by atoms with van der Waals surface area (Å²) in [4.78, 5) is 21.7. The molecule has 0 bridgehead atoms. The summed E-state index contributed by atoms with van der Waals surface area (Å²) in [6.07, 6.45) is 5.52. The van der Waals surface area contributed by atoms with Crippen LogP contribution in [-0.2, 0) is 0 Å². The molecule has 0 unspecified atom stereocenters. The third kappa shape index (κ3) is 3.90. The van der Waals surface area contributed by atoms with E-state index in [1.54, 1.807) is 24.5 Å². The molecule has 0 aromatic carbocycles. The van der Waals surface area contributed by atoms with Gasteiger partial charge < -0.3 is 19.9 Å². The SMILES string of the molecule is CCN1CCC(Oc2cccnc2NC(=O)c2ccc[nH]2)CC1. The van der Waals surface area contributed by atoms with Gasteiger partial charge in [0.1, 0.15) is 11.8 Å². The highest BCUT2D eigenvalue weighted by atomic mass is 16.5. The molecular formula is C17H22N4O2. The van der Waals surface area contributed by atoms with Crippen LogP contribution in [0.15, 0.2) is 36.7 Å². The van der Waals surface area contributed by atoms with Crippen molar-refractivity contribution in [1.29, 1.82) is 0 Å². The van der Waals surface area contributed by atoms with Crippen LogP contribution < -0.4 is 10.1 Å². The van der Waals surface area contributed by atoms with Crippen LogP contribution in [0.1, 0.15) is 30.3 Å². The first-order valence-corrected chi connectivity index (χ1v) is 8.05. The molecule has 2 aromatic rings. The van der Waals surface area contributed by atoms with Crippen molar-refractivity contribution in [2.75, 3.05) is 25.0 Å². The van der Waals surface area contributed by atoms with E-state index in [1.165, 1.54) is 0 Å². The molecule has 0 atom stereocenters. The van der Waals surface area contributed by atoms with Crippen molar-refractivity contribution in [3.8, 4) is 5.75 Å². The number of anilines is 1. The van der Waals surface area contributed by atoms with Crippen molar-refractivity contribution < 1.29 is 9.53 Å². The molecule has 0 aliphatic carbocycles. The van der Waals surface area contributed by atoms with Gasteiger partial charge in [0.2, 0.25) is 0 Å². The zero-order chi connectivity index (χ0) is 16.1.